The maximum absolute atomic E-state index is 6.07. The second-order valence-corrected chi connectivity index (χ2v) is 6.07. The monoisotopic (exact) mass is 366 g/mol. The van der Waals surface area contributed by atoms with Crippen molar-refractivity contribution in [2.45, 2.75) is 20.5 Å². The molecule has 6 heteroatoms. The zero-order chi connectivity index (χ0) is 19.2. The summed E-state index contributed by atoms with van der Waals surface area (Å²) in [6, 6.07) is 15.6. The highest BCUT2D eigenvalue weighted by atomic mass is 16.6. The van der Waals surface area contributed by atoms with E-state index in [1.54, 1.807) is 6.07 Å². The van der Waals surface area contributed by atoms with Gasteiger partial charge in [-0.25, -0.2) is 0 Å². The number of hydrogen-bond acceptors (Lipinski definition) is 6. The first-order valence-electron chi connectivity index (χ1n) is 8.53. The number of rotatable bonds is 7. The molecule has 0 bridgehead atoms. The average Bonchev–Trinajstić information content (AvgIpc) is 3.16. The summed E-state index contributed by atoms with van der Waals surface area (Å²) in [6.07, 6.45) is 0. The Labute approximate surface area is 158 Å². The third-order valence-electron chi connectivity index (χ3n) is 4.11. The molecule has 27 heavy (non-hydrogen) atoms. The fraction of sp³-hybridized carbons (Fsp3) is 0.238. The number of hydrogen-bond donors (Lipinski definition) is 0. The number of methoxy groups -OCH3 is 1. The van der Waals surface area contributed by atoms with E-state index in [1.807, 2.05) is 44.2 Å². The second kappa shape index (κ2) is 8.40. The first kappa shape index (κ1) is 18.5. The largest absolute Gasteiger partial charge is 0.489 e. The molecule has 0 unspecified atom stereocenters. The van der Waals surface area contributed by atoms with E-state index in [-0.39, 0.29) is 0 Å². The molecule has 0 aliphatic rings. The molecule has 3 rings (SSSR count). The highest BCUT2D eigenvalue weighted by molar-refractivity contribution is 6.12. The predicted octanol–water partition coefficient (Wildman–Crippen LogP) is 4.28. The fourth-order valence-corrected chi connectivity index (χ4v) is 2.69. The van der Waals surface area contributed by atoms with Gasteiger partial charge in [-0.05, 0) is 36.6 Å². The standard InChI is InChI=1S/C21H22N2O4/c1-14-9-10-15(2)19(11-14)26-13-16-7-5-6-8-17(16)21(23-25-4)18-12-20(24-3)27-22-18/h5-12H,13H2,1-4H3/b23-21+. The summed E-state index contributed by atoms with van der Waals surface area (Å²) in [5.74, 6) is 1.16. The van der Waals surface area contributed by atoms with Crippen LogP contribution in [0.2, 0.25) is 0 Å². The Kier molecular flexibility index (Phi) is 5.76. The predicted molar refractivity (Wildman–Crippen MR) is 102 cm³/mol. The van der Waals surface area contributed by atoms with E-state index in [0.717, 1.165) is 28.0 Å². The lowest BCUT2D eigenvalue weighted by Crippen LogP contribution is -2.10. The van der Waals surface area contributed by atoms with E-state index >= 15 is 0 Å². The molecular weight excluding hydrogens is 344 g/mol. The summed E-state index contributed by atoms with van der Waals surface area (Å²) in [7, 11) is 3.01. The molecule has 0 aliphatic carbocycles. The van der Waals surface area contributed by atoms with Gasteiger partial charge in [-0.2, -0.15) is 0 Å². The molecule has 2 aromatic carbocycles. The van der Waals surface area contributed by atoms with Crippen LogP contribution in [0.1, 0.15) is 27.9 Å². The molecule has 0 saturated heterocycles. The molecule has 0 fully saturated rings. The Morgan fingerprint density at radius 2 is 1.89 bits per heavy atom. The number of oxime groups is 1. The van der Waals surface area contributed by atoms with Crippen molar-refractivity contribution in [3.05, 3.63) is 76.5 Å². The first-order chi connectivity index (χ1) is 13.1. The minimum absolute atomic E-state index is 0.304. The molecule has 3 aromatic rings. The molecule has 140 valence electrons. The Bertz CT molecular complexity index is 947. The summed E-state index contributed by atoms with van der Waals surface area (Å²) >= 11 is 0. The van der Waals surface area contributed by atoms with Crippen molar-refractivity contribution in [3.8, 4) is 11.7 Å². The average molecular weight is 366 g/mol. The summed E-state index contributed by atoms with van der Waals surface area (Å²) < 4.78 is 16.3. The van der Waals surface area contributed by atoms with Crippen molar-refractivity contribution in [2.24, 2.45) is 5.16 Å². The van der Waals surface area contributed by atoms with Crippen molar-refractivity contribution in [2.75, 3.05) is 14.2 Å². The fourth-order valence-electron chi connectivity index (χ4n) is 2.69. The Morgan fingerprint density at radius 1 is 1.07 bits per heavy atom. The van der Waals surface area contributed by atoms with Crippen LogP contribution < -0.4 is 9.47 Å². The maximum Gasteiger partial charge on any atom is 0.311 e. The quantitative estimate of drug-likeness (QED) is 0.461. The van der Waals surface area contributed by atoms with Gasteiger partial charge in [-0.15, -0.1) is 0 Å². The molecule has 0 saturated carbocycles. The van der Waals surface area contributed by atoms with Crippen LogP contribution in [0.5, 0.6) is 11.7 Å². The van der Waals surface area contributed by atoms with Crippen LogP contribution in [-0.2, 0) is 11.4 Å². The summed E-state index contributed by atoms with van der Waals surface area (Å²) in [4.78, 5) is 5.03. The van der Waals surface area contributed by atoms with Crippen molar-refractivity contribution in [1.29, 1.82) is 0 Å². The van der Waals surface area contributed by atoms with E-state index in [0.29, 0.717) is 24.0 Å². The van der Waals surface area contributed by atoms with Crippen LogP contribution >= 0.6 is 0 Å². The molecule has 0 radical (unpaired) electrons. The molecule has 6 nitrogen and oxygen atoms in total. The minimum Gasteiger partial charge on any atom is -0.489 e. The lowest BCUT2D eigenvalue weighted by atomic mass is 10.0. The Hall–Kier alpha value is -3.28. The molecule has 0 aliphatic heterocycles. The van der Waals surface area contributed by atoms with E-state index in [1.165, 1.54) is 14.2 Å². The smallest absolute Gasteiger partial charge is 0.311 e. The van der Waals surface area contributed by atoms with Gasteiger partial charge < -0.3 is 18.8 Å². The lowest BCUT2D eigenvalue weighted by molar-refractivity contribution is 0.213. The first-order valence-corrected chi connectivity index (χ1v) is 8.53. The third kappa shape index (κ3) is 4.28. The van der Waals surface area contributed by atoms with Crippen LogP contribution in [0.25, 0.3) is 0 Å². The SMILES string of the molecule is CO/N=C(/c1cc(OC)on1)c1ccccc1COc1cc(C)ccc1C. The molecule has 0 spiro atoms. The maximum atomic E-state index is 6.07. The van der Waals surface area contributed by atoms with Gasteiger partial charge in [0.1, 0.15) is 30.9 Å². The summed E-state index contributed by atoms with van der Waals surface area (Å²) in [5.41, 5.74) is 5.11. The lowest BCUT2D eigenvalue weighted by Gasteiger charge is -2.13. The highest BCUT2D eigenvalue weighted by Gasteiger charge is 2.18. The van der Waals surface area contributed by atoms with Crippen molar-refractivity contribution in [1.82, 2.24) is 5.16 Å². The van der Waals surface area contributed by atoms with E-state index in [2.05, 4.69) is 22.4 Å². The van der Waals surface area contributed by atoms with E-state index in [4.69, 9.17) is 18.8 Å². The molecule has 0 N–H and O–H groups in total. The van der Waals surface area contributed by atoms with Gasteiger partial charge in [0.25, 0.3) is 0 Å². The van der Waals surface area contributed by atoms with Crippen molar-refractivity contribution >= 4 is 5.71 Å². The highest BCUT2D eigenvalue weighted by Crippen LogP contribution is 2.23. The third-order valence-corrected chi connectivity index (χ3v) is 4.11. The number of aryl methyl sites for hydroxylation is 2. The molecule has 0 amide bonds. The van der Waals surface area contributed by atoms with Gasteiger partial charge in [0.15, 0.2) is 0 Å². The van der Waals surface area contributed by atoms with Gasteiger partial charge in [0, 0.05) is 5.56 Å². The van der Waals surface area contributed by atoms with Crippen molar-refractivity contribution in [3.63, 3.8) is 0 Å². The second-order valence-electron chi connectivity index (χ2n) is 6.07. The Balaban J connectivity index is 1.92. The van der Waals surface area contributed by atoms with Crippen LogP contribution in [0.3, 0.4) is 0 Å². The van der Waals surface area contributed by atoms with Gasteiger partial charge >= 0.3 is 5.95 Å². The van der Waals surface area contributed by atoms with E-state index in [9.17, 15) is 0 Å². The number of aromatic nitrogens is 1. The van der Waals surface area contributed by atoms with Gasteiger partial charge in [-0.3, -0.25) is 0 Å². The molecule has 0 atom stereocenters. The zero-order valence-electron chi connectivity index (χ0n) is 15.9. The number of benzene rings is 2. The van der Waals surface area contributed by atoms with Crippen LogP contribution in [0, 0.1) is 13.8 Å². The van der Waals surface area contributed by atoms with E-state index < -0.39 is 0 Å². The number of ether oxygens (including phenoxy) is 2. The minimum atomic E-state index is 0.304. The van der Waals surface area contributed by atoms with Crippen molar-refractivity contribution < 1.29 is 18.8 Å². The summed E-state index contributed by atoms with van der Waals surface area (Å²) in [6.45, 7) is 4.46. The number of nitrogens with zero attached hydrogens (tertiary/aromatic N) is 2. The molecule has 1 heterocycles. The van der Waals surface area contributed by atoms with Crippen LogP contribution in [0.4, 0.5) is 0 Å². The van der Waals surface area contributed by atoms with Gasteiger partial charge in [-0.1, -0.05) is 46.7 Å². The molecule has 1 aromatic heterocycles. The van der Waals surface area contributed by atoms with Crippen LogP contribution in [0.15, 0.2) is 58.2 Å². The summed E-state index contributed by atoms with van der Waals surface area (Å²) in [5, 5.41) is 8.16. The topological polar surface area (TPSA) is 66.1 Å². The van der Waals surface area contributed by atoms with Crippen LogP contribution in [-0.4, -0.2) is 25.1 Å². The Morgan fingerprint density at radius 3 is 2.63 bits per heavy atom. The van der Waals surface area contributed by atoms with Gasteiger partial charge in [0.2, 0.25) is 0 Å². The molecular formula is C21H22N2O4. The zero-order valence-corrected chi connectivity index (χ0v) is 15.9. The normalized spacial score (nSPS) is 11.3. The van der Waals surface area contributed by atoms with Gasteiger partial charge in [0.05, 0.1) is 13.2 Å².